The van der Waals surface area contributed by atoms with Crippen LogP contribution in [-0.4, -0.2) is 13.5 Å². The quantitative estimate of drug-likeness (QED) is 0.590. The number of halogens is 1. The first-order valence-corrected chi connectivity index (χ1v) is 7.19. The van der Waals surface area contributed by atoms with Gasteiger partial charge in [0, 0.05) is 6.54 Å². The van der Waals surface area contributed by atoms with Crippen molar-refractivity contribution in [2.45, 2.75) is 11.4 Å². The monoisotopic (exact) mass is 296 g/mol. The summed E-state index contributed by atoms with van der Waals surface area (Å²) in [6.45, 7) is -0.0408. The van der Waals surface area contributed by atoms with E-state index in [9.17, 15) is 17.9 Å². The molecule has 0 aromatic heterocycles. The Balaban J connectivity index is 2.17. The summed E-state index contributed by atoms with van der Waals surface area (Å²) in [6.07, 6.45) is 0. The van der Waals surface area contributed by atoms with Crippen molar-refractivity contribution in [2.75, 3.05) is 5.73 Å². The summed E-state index contributed by atoms with van der Waals surface area (Å²) >= 11 is 0. The first-order chi connectivity index (χ1) is 9.38. The number of benzene rings is 2. The van der Waals surface area contributed by atoms with Gasteiger partial charge in [0.15, 0.2) is 0 Å². The second-order valence-electron chi connectivity index (χ2n) is 4.18. The average Bonchev–Trinajstić information content (AvgIpc) is 2.40. The predicted octanol–water partition coefficient (Wildman–Crippen LogP) is 1.59. The summed E-state index contributed by atoms with van der Waals surface area (Å²) in [5.74, 6) is -0.621. The molecule has 20 heavy (non-hydrogen) atoms. The highest BCUT2D eigenvalue weighted by atomic mass is 32.2. The number of nitrogens with one attached hydrogen (secondary N) is 1. The summed E-state index contributed by atoms with van der Waals surface area (Å²) < 4.78 is 39.3. The first kappa shape index (κ1) is 14.3. The van der Waals surface area contributed by atoms with Gasteiger partial charge in [0.2, 0.25) is 10.0 Å². The summed E-state index contributed by atoms with van der Waals surface area (Å²) in [7, 11) is -3.77. The maximum atomic E-state index is 13.0. The van der Waals surface area contributed by atoms with Crippen molar-refractivity contribution in [1.82, 2.24) is 4.72 Å². The number of phenolic OH excluding ortho intramolecular Hbond substituents is 1. The lowest BCUT2D eigenvalue weighted by atomic mass is 10.2. The van der Waals surface area contributed by atoms with Gasteiger partial charge in [-0.05, 0) is 35.9 Å². The lowest BCUT2D eigenvalue weighted by Gasteiger charge is -2.08. The van der Waals surface area contributed by atoms with Crippen LogP contribution in [0.1, 0.15) is 5.56 Å². The van der Waals surface area contributed by atoms with Crippen molar-refractivity contribution in [3.05, 3.63) is 53.8 Å². The van der Waals surface area contributed by atoms with E-state index in [2.05, 4.69) is 4.72 Å². The first-order valence-electron chi connectivity index (χ1n) is 5.71. The average molecular weight is 296 g/mol. The van der Waals surface area contributed by atoms with Crippen LogP contribution in [0.5, 0.6) is 5.75 Å². The Morgan fingerprint density at radius 3 is 2.60 bits per heavy atom. The fourth-order valence-corrected chi connectivity index (χ4v) is 2.66. The number of hydrogen-bond acceptors (Lipinski definition) is 4. The van der Waals surface area contributed by atoms with Crippen LogP contribution in [-0.2, 0) is 16.6 Å². The second-order valence-corrected chi connectivity index (χ2v) is 5.94. The molecule has 0 saturated carbocycles. The van der Waals surface area contributed by atoms with Crippen molar-refractivity contribution in [3.63, 3.8) is 0 Å². The van der Waals surface area contributed by atoms with Crippen LogP contribution in [0, 0.1) is 5.82 Å². The molecule has 5 nitrogen and oxygen atoms in total. The van der Waals surface area contributed by atoms with Gasteiger partial charge < -0.3 is 10.8 Å². The fraction of sp³-hybridized carbons (Fsp3) is 0.0769. The lowest BCUT2D eigenvalue weighted by molar-refractivity contribution is 0.477. The summed E-state index contributed by atoms with van der Waals surface area (Å²) in [5.41, 5.74) is 5.92. The van der Waals surface area contributed by atoms with Crippen molar-refractivity contribution in [1.29, 1.82) is 0 Å². The molecule has 2 rings (SSSR count). The molecule has 106 valence electrons. The van der Waals surface area contributed by atoms with Crippen molar-refractivity contribution < 1.29 is 17.9 Å². The molecule has 0 aliphatic rings. The third-order valence-corrected chi connectivity index (χ3v) is 4.06. The molecule has 0 saturated heterocycles. The third-order valence-electron chi connectivity index (χ3n) is 2.66. The molecule has 2 aromatic rings. The Bertz CT molecular complexity index is 732. The third kappa shape index (κ3) is 3.25. The Kier molecular flexibility index (Phi) is 3.91. The summed E-state index contributed by atoms with van der Waals surface area (Å²) in [4.78, 5) is -0.0656. The molecule has 0 spiro atoms. The van der Waals surface area contributed by atoms with Gasteiger partial charge in [0.05, 0.1) is 10.6 Å². The number of sulfonamides is 1. The smallest absolute Gasteiger partial charge is 0.240 e. The topological polar surface area (TPSA) is 92.4 Å². The van der Waals surface area contributed by atoms with Gasteiger partial charge in [-0.2, -0.15) is 0 Å². The number of hydrogen-bond donors (Lipinski definition) is 3. The van der Waals surface area contributed by atoms with Crippen molar-refractivity contribution in [3.8, 4) is 5.75 Å². The van der Waals surface area contributed by atoms with Gasteiger partial charge in [-0.1, -0.05) is 12.1 Å². The Morgan fingerprint density at radius 2 is 1.95 bits per heavy atom. The van der Waals surface area contributed by atoms with E-state index in [1.54, 1.807) is 6.07 Å². The van der Waals surface area contributed by atoms with Crippen molar-refractivity contribution >= 4 is 15.7 Å². The molecule has 2 aromatic carbocycles. The molecule has 0 atom stereocenters. The Labute approximate surface area is 115 Å². The number of anilines is 1. The minimum absolute atomic E-state index is 0.0290. The van der Waals surface area contributed by atoms with Gasteiger partial charge in [0.1, 0.15) is 11.6 Å². The van der Waals surface area contributed by atoms with E-state index in [-0.39, 0.29) is 22.9 Å². The van der Waals surface area contributed by atoms with E-state index in [0.29, 0.717) is 5.56 Å². The van der Waals surface area contributed by atoms with E-state index >= 15 is 0 Å². The van der Waals surface area contributed by atoms with Crippen molar-refractivity contribution in [2.24, 2.45) is 0 Å². The van der Waals surface area contributed by atoms with Gasteiger partial charge in [-0.25, -0.2) is 17.5 Å². The molecule has 0 amide bonds. The second kappa shape index (κ2) is 5.48. The minimum atomic E-state index is -3.77. The molecule has 0 unspecified atom stereocenters. The Hall–Kier alpha value is -2.12. The molecule has 0 heterocycles. The van der Waals surface area contributed by atoms with E-state index in [0.717, 1.165) is 6.07 Å². The largest absolute Gasteiger partial charge is 0.506 e. The number of nitrogens with two attached hydrogens (primary N) is 1. The molecule has 0 radical (unpaired) electrons. The molecule has 7 heteroatoms. The van der Waals surface area contributed by atoms with Crippen LogP contribution in [0.4, 0.5) is 10.1 Å². The number of aromatic hydroxyl groups is 1. The molecule has 0 aliphatic carbocycles. The molecule has 0 fully saturated rings. The van der Waals surface area contributed by atoms with Gasteiger partial charge in [-0.15, -0.1) is 0 Å². The molecular formula is C13H13FN2O3S. The highest BCUT2D eigenvalue weighted by Crippen LogP contribution is 2.23. The number of rotatable bonds is 4. The molecule has 0 bridgehead atoms. The van der Waals surface area contributed by atoms with Gasteiger partial charge in [0.25, 0.3) is 0 Å². The zero-order valence-electron chi connectivity index (χ0n) is 10.4. The maximum absolute atomic E-state index is 13.0. The fourth-order valence-electron chi connectivity index (χ4n) is 1.61. The minimum Gasteiger partial charge on any atom is -0.506 e. The molecule has 4 N–H and O–H groups in total. The zero-order valence-corrected chi connectivity index (χ0v) is 11.2. The van der Waals surface area contributed by atoms with Gasteiger partial charge in [-0.3, -0.25) is 0 Å². The standard InChI is InChI=1S/C13H13FN2O3S/c14-10-3-1-2-9(6-10)8-16-20(18,19)11-4-5-13(17)12(15)7-11/h1-7,16-17H,8,15H2. The number of nitrogen functional groups attached to an aromatic ring is 1. The number of phenols is 1. The normalized spacial score (nSPS) is 11.4. The van der Waals surface area contributed by atoms with E-state index in [1.807, 2.05) is 0 Å². The van der Waals surface area contributed by atoms with Crippen LogP contribution in [0.2, 0.25) is 0 Å². The van der Waals surface area contributed by atoms with Crippen LogP contribution in [0.25, 0.3) is 0 Å². The summed E-state index contributed by atoms with van der Waals surface area (Å²) in [5, 5.41) is 9.27. The maximum Gasteiger partial charge on any atom is 0.240 e. The zero-order chi connectivity index (χ0) is 14.8. The van der Waals surface area contributed by atoms with Gasteiger partial charge >= 0.3 is 0 Å². The lowest BCUT2D eigenvalue weighted by Crippen LogP contribution is -2.23. The Morgan fingerprint density at radius 1 is 1.20 bits per heavy atom. The van der Waals surface area contributed by atoms with Crippen LogP contribution < -0.4 is 10.5 Å². The molecule has 0 aliphatic heterocycles. The highest BCUT2D eigenvalue weighted by Gasteiger charge is 2.15. The molecular weight excluding hydrogens is 283 g/mol. The van der Waals surface area contributed by atoms with E-state index in [4.69, 9.17) is 5.73 Å². The van der Waals surface area contributed by atoms with E-state index in [1.165, 1.54) is 30.3 Å². The van der Waals surface area contributed by atoms with Crippen LogP contribution in [0.15, 0.2) is 47.4 Å². The highest BCUT2D eigenvalue weighted by molar-refractivity contribution is 7.89. The predicted molar refractivity (Wildman–Crippen MR) is 72.9 cm³/mol. The SMILES string of the molecule is Nc1cc(S(=O)(=O)NCc2cccc(F)c2)ccc1O. The van der Waals surface area contributed by atoms with E-state index < -0.39 is 15.8 Å². The van der Waals surface area contributed by atoms with Crippen LogP contribution >= 0.6 is 0 Å². The summed E-state index contributed by atoms with van der Waals surface area (Å²) in [6, 6.07) is 9.22. The van der Waals surface area contributed by atoms with Crippen LogP contribution in [0.3, 0.4) is 0 Å².